The Morgan fingerprint density at radius 3 is 1.81 bits per heavy atom. The number of rotatable bonds is 0. The van der Waals surface area contributed by atoms with Crippen LogP contribution in [0.1, 0.15) is 75.5 Å². The molecule has 0 radical (unpaired) electrons. The average molecular weight is 369 g/mol. The quantitative estimate of drug-likeness (QED) is 0.491. The number of esters is 1. The van der Waals surface area contributed by atoms with Gasteiger partial charge in [0.2, 0.25) is 0 Å². The zero-order valence-electron chi connectivity index (χ0n) is 17.8. The number of ether oxygens (including phenoxy) is 1. The fourth-order valence-corrected chi connectivity index (χ4v) is 2.90. The lowest BCUT2D eigenvalue weighted by Crippen LogP contribution is -2.17. The van der Waals surface area contributed by atoms with E-state index in [2.05, 4.69) is 85.7 Å². The maximum Gasteiger partial charge on any atom is 0.345 e. The van der Waals surface area contributed by atoms with Gasteiger partial charge in [0.15, 0.2) is 6.10 Å². The number of hydrogen-bond acceptors (Lipinski definition) is 3. The summed E-state index contributed by atoms with van der Waals surface area (Å²) in [6.45, 7) is 16.8. The zero-order valence-corrected chi connectivity index (χ0v) is 17.8. The molecule has 1 aliphatic heterocycles. The van der Waals surface area contributed by atoms with Gasteiger partial charge in [-0.3, -0.25) is 0 Å². The van der Waals surface area contributed by atoms with Crippen molar-refractivity contribution in [1.82, 2.24) is 0 Å². The molecule has 0 aromatic heterocycles. The molecule has 146 valence electrons. The Morgan fingerprint density at radius 1 is 0.889 bits per heavy atom. The number of benzene rings is 2. The third-order valence-corrected chi connectivity index (χ3v) is 4.94. The molecule has 1 heterocycles. The van der Waals surface area contributed by atoms with E-state index < -0.39 is 12.1 Å². The molecule has 3 rings (SSSR count). The number of carbonyl (C=O) groups is 1. The highest BCUT2D eigenvalue weighted by Gasteiger charge is 2.37. The molecular weight excluding hydrogens is 336 g/mol. The molecule has 1 unspecified atom stereocenters. The Hall–Kier alpha value is -2.13. The van der Waals surface area contributed by atoms with Crippen LogP contribution in [0.4, 0.5) is 0 Å². The van der Waals surface area contributed by atoms with Gasteiger partial charge in [0, 0.05) is 11.1 Å². The minimum Gasteiger partial charge on any atom is -0.424 e. The lowest BCUT2D eigenvalue weighted by molar-refractivity contribution is -0.141. The van der Waals surface area contributed by atoms with E-state index in [4.69, 9.17) is 4.74 Å². The second-order valence-electron chi connectivity index (χ2n) is 9.35. The first kappa shape index (κ1) is 21.2. The lowest BCUT2D eigenvalue weighted by atomic mass is 9.78. The smallest absolute Gasteiger partial charge is 0.345 e. The van der Waals surface area contributed by atoms with Crippen LogP contribution in [0.3, 0.4) is 0 Å². The molecule has 0 saturated carbocycles. The van der Waals surface area contributed by atoms with Gasteiger partial charge in [0.05, 0.1) is 0 Å². The van der Waals surface area contributed by atoms with Gasteiger partial charge in [-0.05, 0) is 47.4 Å². The highest BCUT2D eigenvalue weighted by molar-refractivity contribution is 5.85. The third-order valence-electron chi connectivity index (χ3n) is 4.94. The molecule has 0 aliphatic carbocycles. The molecule has 0 amide bonds. The topological polar surface area (TPSA) is 46.5 Å². The summed E-state index contributed by atoms with van der Waals surface area (Å²) in [6.07, 6.45) is -1.15. The fourth-order valence-electron chi connectivity index (χ4n) is 2.90. The van der Waals surface area contributed by atoms with E-state index in [0.717, 1.165) is 11.1 Å². The molecule has 2 aromatic rings. The van der Waals surface area contributed by atoms with Gasteiger partial charge in [0.1, 0.15) is 5.75 Å². The Labute approximate surface area is 163 Å². The molecule has 1 N–H and O–H groups in total. The molecule has 1 atom stereocenters. The number of aliphatic hydroxyl groups is 1. The van der Waals surface area contributed by atoms with E-state index in [1.807, 2.05) is 6.07 Å². The number of hydrogen-bond donors (Lipinski definition) is 1. The van der Waals surface area contributed by atoms with Gasteiger partial charge in [-0.2, -0.15) is 0 Å². The van der Waals surface area contributed by atoms with Crippen molar-refractivity contribution in [2.45, 2.75) is 72.3 Å². The van der Waals surface area contributed by atoms with Gasteiger partial charge >= 0.3 is 5.97 Å². The second kappa shape index (κ2) is 7.47. The Kier molecular flexibility index (Phi) is 5.86. The van der Waals surface area contributed by atoms with Gasteiger partial charge in [-0.25, -0.2) is 4.79 Å². The highest BCUT2D eigenvalue weighted by atomic mass is 16.6. The summed E-state index contributed by atoms with van der Waals surface area (Å²) < 4.78 is 5.26. The van der Waals surface area contributed by atoms with Crippen LogP contribution in [-0.2, 0) is 15.6 Å². The summed E-state index contributed by atoms with van der Waals surface area (Å²) in [5.41, 5.74) is 5.23. The van der Waals surface area contributed by atoms with E-state index in [-0.39, 0.29) is 10.8 Å². The summed E-state index contributed by atoms with van der Waals surface area (Å²) in [7, 11) is 0. The Balaban J connectivity index is 0.000000273. The third kappa shape index (κ3) is 4.78. The predicted molar refractivity (Wildman–Crippen MR) is 110 cm³/mol. The molecule has 1 aliphatic rings. The van der Waals surface area contributed by atoms with Crippen LogP contribution >= 0.6 is 0 Å². The van der Waals surface area contributed by atoms with Crippen molar-refractivity contribution < 1.29 is 14.6 Å². The minimum absolute atomic E-state index is 0.0413. The highest BCUT2D eigenvalue weighted by Crippen LogP contribution is 2.44. The Morgan fingerprint density at radius 2 is 1.41 bits per heavy atom. The second-order valence-corrected chi connectivity index (χ2v) is 9.35. The lowest BCUT2D eigenvalue weighted by Gasteiger charge is -2.26. The van der Waals surface area contributed by atoms with Crippen LogP contribution in [0.25, 0.3) is 0 Å². The van der Waals surface area contributed by atoms with Crippen molar-refractivity contribution in [3.8, 4) is 5.75 Å². The monoisotopic (exact) mass is 368 g/mol. The van der Waals surface area contributed by atoms with Crippen molar-refractivity contribution in [1.29, 1.82) is 0 Å². The van der Waals surface area contributed by atoms with Gasteiger partial charge in [0.25, 0.3) is 0 Å². The van der Waals surface area contributed by atoms with Crippen molar-refractivity contribution in [2.75, 3.05) is 0 Å². The molecule has 0 fully saturated rings. The van der Waals surface area contributed by atoms with E-state index >= 15 is 0 Å². The van der Waals surface area contributed by atoms with Crippen LogP contribution < -0.4 is 4.74 Å². The van der Waals surface area contributed by atoms with Crippen LogP contribution in [-0.4, -0.2) is 11.1 Å². The summed E-state index contributed by atoms with van der Waals surface area (Å²) in [6, 6.07) is 12.3. The van der Waals surface area contributed by atoms with Gasteiger partial charge in [-0.1, -0.05) is 71.9 Å². The molecule has 3 heteroatoms. The maximum absolute atomic E-state index is 11.6. The van der Waals surface area contributed by atoms with E-state index in [1.165, 1.54) is 11.1 Å². The summed E-state index contributed by atoms with van der Waals surface area (Å²) in [5.74, 6) is -0.0374. The predicted octanol–water partition coefficient (Wildman–Crippen LogP) is 5.54. The van der Waals surface area contributed by atoms with Crippen molar-refractivity contribution >= 4 is 5.97 Å². The van der Waals surface area contributed by atoms with Crippen LogP contribution in [0.15, 0.2) is 36.4 Å². The SMILES string of the molecule is CC(C)(C)c1cc2c(c(C(C)(C)C)c1)OC(=O)C2O.Cc1ccccc1C. The number of fused-ring (bicyclic) bond motifs is 1. The van der Waals surface area contributed by atoms with Crippen molar-refractivity contribution in [3.05, 3.63) is 64.2 Å². The first-order chi connectivity index (χ1) is 12.3. The van der Waals surface area contributed by atoms with E-state index in [0.29, 0.717) is 11.3 Å². The summed E-state index contributed by atoms with van der Waals surface area (Å²) in [5, 5.41) is 9.96. The number of aryl methyl sites for hydroxylation is 2. The largest absolute Gasteiger partial charge is 0.424 e. The normalized spacial score (nSPS) is 16.3. The average Bonchev–Trinajstić information content (AvgIpc) is 2.83. The summed E-state index contributed by atoms with van der Waals surface area (Å²) >= 11 is 0. The number of carbonyl (C=O) groups excluding carboxylic acids is 1. The van der Waals surface area contributed by atoms with E-state index in [1.54, 1.807) is 0 Å². The maximum atomic E-state index is 11.6. The molecule has 2 aromatic carbocycles. The molecule has 0 spiro atoms. The molecule has 0 saturated heterocycles. The van der Waals surface area contributed by atoms with Gasteiger partial charge < -0.3 is 9.84 Å². The van der Waals surface area contributed by atoms with Crippen LogP contribution in [0, 0.1) is 13.8 Å². The first-order valence-corrected chi connectivity index (χ1v) is 9.43. The van der Waals surface area contributed by atoms with Gasteiger partial charge in [-0.15, -0.1) is 0 Å². The van der Waals surface area contributed by atoms with Crippen LogP contribution in [0.2, 0.25) is 0 Å². The summed E-state index contributed by atoms with van der Waals surface area (Å²) in [4.78, 5) is 11.6. The molecule has 3 nitrogen and oxygen atoms in total. The Bertz CT molecular complexity index is 815. The first-order valence-electron chi connectivity index (χ1n) is 9.43. The number of aliphatic hydroxyl groups excluding tert-OH is 1. The standard InChI is InChI=1S/C16H22O3.C8H10/c1-15(2,3)9-7-10-12(17)14(18)19-13(10)11(8-9)16(4,5)6;1-7-5-3-4-6-8(7)2/h7-8,12,17H,1-6H3;3-6H,1-2H3. The molecule has 0 bridgehead atoms. The zero-order chi connectivity index (χ0) is 20.6. The van der Waals surface area contributed by atoms with Crippen LogP contribution in [0.5, 0.6) is 5.75 Å². The van der Waals surface area contributed by atoms with Crippen molar-refractivity contribution in [2.24, 2.45) is 0 Å². The van der Waals surface area contributed by atoms with E-state index in [9.17, 15) is 9.90 Å². The molecule has 27 heavy (non-hydrogen) atoms. The van der Waals surface area contributed by atoms with Crippen molar-refractivity contribution in [3.63, 3.8) is 0 Å². The fraction of sp³-hybridized carbons (Fsp3) is 0.458. The molecular formula is C24H32O3. The minimum atomic E-state index is -1.15.